The minimum absolute atomic E-state index is 0.109. The maximum atomic E-state index is 12.1. The molecular weight excluding hydrogens is 266 g/mol. The Bertz CT molecular complexity index is 531. The Morgan fingerprint density at radius 3 is 2.37 bits per heavy atom. The number of rotatable bonds is 7. The summed E-state index contributed by atoms with van der Waals surface area (Å²) in [5.41, 5.74) is 0. The third kappa shape index (κ3) is 3.01. The number of nitrogens with one attached hydrogen (secondary N) is 1. The molecule has 0 aliphatic heterocycles. The first kappa shape index (κ1) is 13.1. The lowest BCUT2D eigenvalue weighted by atomic mass is 9.99. The van der Waals surface area contributed by atoms with Crippen LogP contribution in [0.4, 0.5) is 0 Å². The van der Waals surface area contributed by atoms with Gasteiger partial charge in [-0.3, -0.25) is 0 Å². The average molecular weight is 285 g/mol. The van der Waals surface area contributed by atoms with Crippen molar-refractivity contribution in [1.82, 2.24) is 4.72 Å². The van der Waals surface area contributed by atoms with Crippen molar-refractivity contribution in [2.45, 2.75) is 37.4 Å². The summed E-state index contributed by atoms with van der Waals surface area (Å²) in [7, 11) is -3.58. The molecule has 1 heterocycles. The van der Waals surface area contributed by atoms with E-state index in [2.05, 4.69) is 4.72 Å². The van der Waals surface area contributed by atoms with E-state index in [1.165, 1.54) is 37.8 Å². The molecule has 0 unspecified atom stereocenters. The molecule has 2 aliphatic rings. The van der Waals surface area contributed by atoms with E-state index in [1.807, 2.05) is 0 Å². The van der Waals surface area contributed by atoms with Crippen molar-refractivity contribution in [3.05, 3.63) is 17.9 Å². The van der Waals surface area contributed by atoms with Gasteiger partial charge in [-0.15, -0.1) is 0 Å². The molecule has 1 aromatic rings. The molecule has 0 saturated heterocycles. The first-order valence-electron chi connectivity index (χ1n) is 6.79. The summed E-state index contributed by atoms with van der Waals surface area (Å²) >= 11 is 0. The SMILES string of the molecule is O=S(=O)(NCC(C1CC1)C1CC1)c1ccc(CO)o1. The summed E-state index contributed by atoms with van der Waals surface area (Å²) in [4.78, 5) is 0. The standard InChI is InChI=1S/C13H19NO4S/c15-8-11-5-6-13(18-11)19(16,17)14-7-12(9-1-2-9)10-3-4-10/h5-6,9-10,12,14-15H,1-4,7-8H2. The van der Waals surface area contributed by atoms with Crippen LogP contribution in [0, 0.1) is 17.8 Å². The maximum Gasteiger partial charge on any atom is 0.273 e. The predicted octanol–water partition coefficient (Wildman–Crippen LogP) is 1.49. The normalized spacial score (nSPS) is 20.1. The monoisotopic (exact) mass is 285 g/mol. The summed E-state index contributed by atoms with van der Waals surface area (Å²) < 4.78 is 31.9. The first-order valence-corrected chi connectivity index (χ1v) is 8.27. The van der Waals surface area contributed by atoms with E-state index < -0.39 is 10.0 Å². The molecule has 5 nitrogen and oxygen atoms in total. The highest BCUT2D eigenvalue weighted by Crippen LogP contribution is 2.48. The van der Waals surface area contributed by atoms with Crippen LogP contribution in [0.15, 0.2) is 21.6 Å². The van der Waals surface area contributed by atoms with Crippen LogP contribution in [0.3, 0.4) is 0 Å². The van der Waals surface area contributed by atoms with Gasteiger partial charge in [-0.2, -0.15) is 0 Å². The van der Waals surface area contributed by atoms with Gasteiger partial charge < -0.3 is 9.52 Å². The summed E-state index contributed by atoms with van der Waals surface area (Å²) in [6.45, 7) is 0.217. The third-order valence-electron chi connectivity index (χ3n) is 4.02. The first-order chi connectivity index (χ1) is 9.10. The van der Waals surface area contributed by atoms with Gasteiger partial charge in [-0.1, -0.05) is 0 Å². The second-order valence-corrected chi connectivity index (χ2v) is 7.27. The quantitative estimate of drug-likeness (QED) is 0.795. The molecule has 19 heavy (non-hydrogen) atoms. The second kappa shape index (κ2) is 4.92. The molecule has 0 atom stereocenters. The summed E-state index contributed by atoms with van der Waals surface area (Å²) in [6.07, 6.45) is 4.94. The van der Waals surface area contributed by atoms with Crippen molar-refractivity contribution in [2.24, 2.45) is 17.8 Å². The fraction of sp³-hybridized carbons (Fsp3) is 0.692. The number of sulfonamides is 1. The van der Waals surface area contributed by atoms with Gasteiger partial charge >= 0.3 is 0 Å². The highest BCUT2D eigenvalue weighted by atomic mass is 32.2. The van der Waals surface area contributed by atoms with Crippen molar-refractivity contribution in [2.75, 3.05) is 6.54 Å². The minimum Gasteiger partial charge on any atom is -0.446 e. The van der Waals surface area contributed by atoms with Gasteiger partial charge in [0.25, 0.3) is 10.0 Å². The van der Waals surface area contributed by atoms with Gasteiger partial charge in [-0.05, 0) is 55.6 Å². The minimum atomic E-state index is -3.58. The molecular formula is C13H19NO4S. The lowest BCUT2D eigenvalue weighted by Crippen LogP contribution is -2.31. The molecule has 2 N–H and O–H groups in total. The highest BCUT2D eigenvalue weighted by Gasteiger charge is 2.41. The van der Waals surface area contributed by atoms with Gasteiger partial charge in [0.1, 0.15) is 12.4 Å². The van der Waals surface area contributed by atoms with E-state index in [0.717, 1.165) is 0 Å². The van der Waals surface area contributed by atoms with E-state index in [4.69, 9.17) is 9.52 Å². The Kier molecular flexibility index (Phi) is 3.41. The fourth-order valence-corrected chi connectivity index (χ4v) is 3.65. The van der Waals surface area contributed by atoms with Crippen molar-refractivity contribution in [3.63, 3.8) is 0 Å². The number of hydrogen-bond donors (Lipinski definition) is 2. The molecule has 0 amide bonds. The molecule has 2 fully saturated rings. The molecule has 1 aromatic heterocycles. The Morgan fingerprint density at radius 1 is 1.26 bits per heavy atom. The number of furan rings is 1. The zero-order valence-corrected chi connectivity index (χ0v) is 11.5. The number of hydrogen-bond acceptors (Lipinski definition) is 4. The lowest BCUT2D eigenvalue weighted by molar-refractivity contribution is 0.236. The summed E-state index contributed by atoms with van der Waals surface area (Å²) in [6, 6.07) is 2.87. The average Bonchev–Trinajstić information content (AvgIpc) is 3.30. The molecule has 106 valence electrons. The number of aliphatic hydroxyl groups excluding tert-OH is 1. The fourth-order valence-electron chi connectivity index (χ4n) is 2.63. The Labute approximate surface area is 113 Å². The Morgan fingerprint density at radius 2 is 1.89 bits per heavy atom. The van der Waals surface area contributed by atoms with Crippen molar-refractivity contribution >= 4 is 10.0 Å². The van der Waals surface area contributed by atoms with E-state index in [0.29, 0.717) is 24.3 Å². The molecule has 3 rings (SSSR count). The zero-order chi connectivity index (χ0) is 13.5. The van der Waals surface area contributed by atoms with E-state index in [1.54, 1.807) is 0 Å². The zero-order valence-electron chi connectivity index (χ0n) is 10.7. The van der Waals surface area contributed by atoms with Gasteiger partial charge in [0.2, 0.25) is 5.09 Å². The van der Waals surface area contributed by atoms with E-state index >= 15 is 0 Å². The van der Waals surface area contributed by atoms with Crippen LogP contribution in [0.2, 0.25) is 0 Å². The van der Waals surface area contributed by atoms with Crippen LogP contribution in [-0.4, -0.2) is 20.1 Å². The number of aliphatic hydroxyl groups is 1. The van der Waals surface area contributed by atoms with Crippen LogP contribution in [-0.2, 0) is 16.6 Å². The Balaban J connectivity index is 1.64. The second-order valence-electron chi connectivity index (χ2n) is 5.57. The van der Waals surface area contributed by atoms with Gasteiger partial charge in [0.15, 0.2) is 0 Å². The van der Waals surface area contributed by atoms with Crippen LogP contribution in [0.1, 0.15) is 31.4 Å². The Hall–Kier alpha value is -0.850. The maximum absolute atomic E-state index is 12.1. The molecule has 0 radical (unpaired) electrons. The molecule has 0 bridgehead atoms. The predicted molar refractivity (Wildman–Crippen MR) is 68.8 cm³/mol. The molecule has 6 heteroatoms. The van der Waals surface area contributed by atoms with Gasteiger partial charge in [-0.25, -0.2) is 13.1 Å². The van der Waals surface area contributed by atoms with E-state index in [-0.39, 0.29) is 17.5 Å². The molecule has 0 spiro atoms. The summed E-state index contributed by atoms with van der Waals surface area (Å²) in [5, 5.41) is 8.78. The van der Waals surface area contributed by atoms with Gasteiger partial charge in [0.05, 0.1) is 0 Å². The molecule has 2 aliphatic carbocycles. The highest BCUT2D eigenvalue weighted by molar-refractivity contribution is 7.89. The summed E-state index contributed by atoms with van der Waals surface area (Å²) in [5.74, 6) is 2.17. The van der Waals surface area contributed by atoms with Crippen molar-refractivity contribution in [1.29, 1.82) is 0 Å². The molecule has 0 aromatic carbocycles. The van der Waals surface area contributed by atoms with E-state index in [9.17, 15) is 8.42 Å². The van der Waals surface area contributed by atoms with Crippen LogP contribution in [0.5, 0.6) is 0 Å². The van der Waals surface area contributed by atoms with Crippen molar-refractivity contribution < 1.29 is 17.9 Å². The smallest absolute Gasteiger partial charge is 0.273 e. The third-order valence-corrected chi connectivity index (χ3v) is 5.32. The topological polar surface area (TPSA) is 79.5 Å². The molecule has 2 saturated carbocycles. The van der Waals surface area contributed by atoms with Crippen molar-refractivity contribution in [3.8, 4) is 0 Å². The lowest BCUT2D eigenvalue weighted by Gasteiger charge is -2.15. The van der Waals surface area contributed by atoms with Crippen LogP contribution in [0.25, 0.3) is 0 Å². The van der Waals surface area contributed by atoms with Gasteiger partial charge in [0, 0.05) is 6.54 Å². The van der Waals surface area contributed by atoms with Crippen LogP contribution < -0.4 is 4.72 Å². The largest absolute Gasteiger partial charge is 0.446 e. The van der Waals surface area contributed by atoms with Crippen LogP contribution >= 0.6 is 0 Å².